The Morgan fingerprint density at radius 1 is 1.39 bits per heavy atom. The largest absolute Gasteiger partial charge is 0.481 e. The highest BCUT2D eigenvalue weighted by Crippen LogP contribution is 2.15. The van der Waals surface area contributed by atoms with E-state index in [0.717, 1.165) is 10.2 Å². The lowest BCUT2D eigenvalue weighted by Crippen LogP contribution is -2.11. The van der Waals surface area contributed by atoms with Gasteiger partial charge >= 0.3 is 5.97 Å². The van der Waals surface area contributed by atoms with E-state index < -0.39 is 5.97 Å². The molecule has 6 heteroatoms. The molecule has 1 heterocycles. The predicted molar refractivity (Wildman–Crippen MR) is 70.2 cm³/mol. The number of carboxylic acids is 1. The molecule has 0 atom stereocenters. The van der Waals surface area contributed by atoms with Crippen molar-refractivity contribution in [1.82, 2.24) is 9.78 Å². The van der Waals surface area contributed by atoms with E-state index in [1.54, 1.807) is 11.6 Å². The van der Waals surface area contributed by atoms with Crippen molar-refractivity contribution in [3.05, 3.63) is 50.3 Å². The minimum absolute atomic E-state index is 0.273. The molecule has 0 unspecified atom stereocenters. The van der Waals surface area contributed by atoms with Gasteiger partial charge in [0.05, 0.1) is 17.7 Å². The fourth-order valence-electron chi connectivity index (χ4n) is 1.76. The number of aromatic nitrogens is 2. The van der Waals surface area contributed by atoms with Gasteiger partial charge in [0.25, 0.3) is 5.56 Å². The van der Waals surface area contributed by atoms with Crippen molar-refractivity contribution in [2.45, 2.75) is 13.3 Å². The van der Waals surface area contributed by atoms with Crippen molar-refractivity contribution in [2.24, 2.45) is 0 Å². The van der Waals surface area contributed by atoms with Gasteiger partial charge in [0.2, 0.25) is 0 Å². The SMILES string of the molecule is Cc1c(CC(=O)O)c(=O)[nH]n1-c1ccc(Br)cc1. The number of benzene rings is 1. The second-order valence-corrected chi connectivity index (χ2v) is 4.80. The topological polar surface area (TPSA) is 75.1 Å². The van der Waals surface area contributed by atoms with Crippen LogP contribution in [0.25, 0.3) is 5.69 Å². The summed E-state index contributed by atoms with van der Waals surface area (Å²) in [4.78, 5) is 22.4. The molecule has 0 saturated heterocycles. The summed E-state index contributed by atoms with van der Waals surface area (Å²) >= 11 is 3.33. The molecule has 0 spiro atoms. The molecule has 2 rings (SSSR count). The molecule has 0 aliphatic heterocycles. The van der Waals surface area contributed by atoms with Crippen LogP contribution in [0.2, 0.25) is 0 Å². The van der Waals surface area contributed by atoms with Crippen LogP contribution in [-0.4, -0.2) is 20.9 Å². The van der Waals surface area contributed by atoms with E-state index in [0.29, 0.717) is 5.69 Å². The summed E-state index contributed by atoms with van der Waals surface area (Å²) < 4.78 is 2.52. The highest BCUT2D eigenvalue weighted by Gasteiger charge is 2.14. The highest BCUT2D eigenvalue weighted by molar-refractivity contribution is 9.10. The van der Waals surface area contributed by atoms with Crippen molar-refractivity contribution in [3.63, 3.8) is 0 Å². The maximum absolute atomic E-state index is 11.7. The molecule has 0 aliphatic rings. The predicted octanol–water partition coefficient (Wildman–Crippen LogP) is 1.86. The summed E-state index contributed by atoms with van der Waals surface area (Å²) in [5, 5.41) is 11.4. The number of carbonyl (C=O) groups is 1. The monoisotopic (exact) mass is 310 g/mol. The highest BCUT2D eigenvalue weighted by atomic mass is 79.9. The number of hydrogen-bond donors (Lipinski definition) is 2. The Bertz CT molecular complexity index is 640. The molecule has 94 valence electrons. The molecule has 18 heavy (non-hydrogen) atoms. The smallest absolute Gasteiger partial charge is 0.308 e. The number of hydrogen-bond acceptors (Lipinski definition) is 2. The first kappa shape index (κ1) is 12.6. The zero-order valence-electron chi connectivity index (χ0n) is 9.61. The average molecular weight is 311 g/mol. The molecule has 0 amide bonds. The van der Waals surface area contributed by atoms with Gasteiger partial charge in [0.15, 0.2) is 0 Å². The summed E-state index contributed by atoms with van der Waals surface area (Å²) in [6, 6.07) is 7.36. The molecule has 1 aromatic heterocycles. The van der Waals surface area contributed by atoms with Crippen molar-refractivity contribution in [1.29, 1.82) is 0 Å². The van der Waals surface area contributed by atoms with Gasteiger partial charge in [-0.1, -0.05) is 15.9 Å². The van der Waals surface area contributed by atoms with E-state index in [-0.39, 0.29) is 17.5 Å². The van der Waals surface area contributed by atoms with Crippen LogP contribution in [0.3, 0.4) is 0 Å². The minimum atomic E-state index is -1.02. The fraction of sp³-hybridized carbons (Fsp3) is 0.167. The van der Waals surface area contributed by atoms with Gasteiger partial charge in [-0.15, -0.1) is 0 Å². The van der Waals surface area contributed by atoms with Gasteiger partial charge < -0.3 is 5.11 Å². The Balaban J connectivity index is 2.50. The van der Waals surface area contributed by atoms with Crippen LogP contribution in [-0.2, 0) is 11.2 Å². The number of aromatic amines is 1. The Labute approximate surface area is 111 Å². The number of H-pyrrole nitrogens is 1. The van der Waals surface area contributed by atoms with E-state index in [4.69, 9.17) is 5.11 Å². The van der Waals surface area contributed by atoms with Gasteiger partial charge in [-0.2, -0.15) is 0 Å². The molecule has 1 aromatic carbocycles. The normalized spacial score (nSPS) is 10.6. The number of nitrogens with zero attached hydrogens (tertiary/aromatic N) is 1. The van der Waals surface area contributed by atoms with Crippen molar-refractivity contribution < 1.29 is 9.90 Å². The lowest BCUT2D eigenvalue weighted by atomic mass is 10.2. The number of rotatable bonds is 3. The summed E-state index contributed by atoms with van der Waals surface area (Å²) in [5.41, 5.74) is 1.32. The van der Waals surface area contributed by atoms with Crippen molar-refractivity contribution in [2.75, 3.05) is 0 Å². The third-order valence-corrected chi connectivity index (χ3v) is 3.20. The minimum Gasteiger partial charge on any atom is -0.481 e. The third-order valence-electron chi connectivity index (χ3n) is 2.67. The van der Waals surface area contributed by atoms with E-state index in [1.165, 1.54) is 0 Å². The van der Waals surface area contributed by atoms with Crippen LogP contribution in [0.4, 0.5) is 0 Å². The standard InChI is InChI=1S/C12H11BrN2O3/c1-7-10(6-11(16)17)12(18)14-15(7)9-4-2-8(13)3-5-9/h2-5H,6H2,1H3,(H,14,18)(H,16,17). The maximum atomic E-state index is 11.7. The second-order valence-electron chi connectivity index (χ2n) is 3.89. The molecule has 2 aromatic rings. The van der Waals surface area contributed by atoms with Crippen LogP contribution in [0.1, 0.15) is 11.3 Å². The second kappa shape index (κ2) is 4.81. The van der Waals surface area contributed by atoms with Gasteiger partial charge in [-0.05, 0) is 31.2 Å². The van der Waals surface area contributed by atoms with Gasteiger partial charge in [0, 0.05) is 10.2 Å². The summed E-state index contributed by atoms with van der Waals surface area (Å²) in [6.07, 6.45) is -0.273. The molecule has 0 bridgehead atoms. The van der Waals surface area contributed by atoms with E-state index in [2.05, 4.69) is 21.0 Å². The maximum Gasteiger partial charge on any atom is 0.308 e. The fourth-order valence-corrected chi connectivity index (χ4v) is 2.02. The van der Waals surface area contributed by atoms with Crippen LogP contribution in [0.15, 0.2) is 33.5 Å². The quantitative estimate of drug-likeness (QED) is 0.908. The summed E-state index contributed by atoms with van der Waals surface area (Å²) in [7, 11) is 0. The molecule has 0 aliphatic carbocycles. The zero-order valence-corrected chi connectivity index (χ0v) is 11.2. The molecular weight excluding hydrogens is 300 g/mol. The van der Waals surface area contributed by atoms with Gasteiger partial charge in [0.1, 0.15) is 0 Å². The molecule has 0 radical (unpaired) electrons. The number of nitrogens with one attached hydrogen (secondary N) is 1. The molecule has 0 fully saturated rings. The van der Waals surface area contributed by atoms with E-state index in [9.17, 15) is 9.59 Å². The summed E-state index contributed by atoms with van der Waals surface area (Å²) in [6.45, 7) is 1.72. The van der Waals surface area contributed by atoms with Crippen molar-refractivity contribution in [3.8, 4) is 5.69 Å². The Morgan fingerprint density at radius 2 is 2.00 bits per heavy atom. The average Bonchev–Trinajstić information content (AvgIpc) is 2.58. The Morgan fingerprint density at radius 3 is 2.56 bits per heavy atom. The number of aliphatic carboxylic acids is 1. The summed E-state index contributed by atoms with van der Waals surface area (Å²) in [5.74, 6) is -1.02. The Kier molecular flexibility index (Phi) is 3.38. The first-order valence-electron chi connectivity index (χ1n) is 5.27. The lowest BCUT2D eigenvalue weighted by Gasteiger charge is -2.05. The van der Waals surface area contributed by atoms with Gasteiger partial charge in [-0.25, -0.2) is 0 Å². The van der Waals surface area contributed by atoms with Crippen LogP contribution < -0.4 is 5.56 Å². The molecule has 0 saturated carbocycles. The first-order valence-corrected chi connectivity index (χ1v) is 6.06. The van der Waals surface area contributed by atoms with E-state index >= 15 is 0 Å². The molecule has 5 nitrogen and oxygen atoms in total. The zero-order chi connectivity index (χ0) is 13.3. The van der Waals surface area contributed by atoms with E-state index in [1.807, 2.05) is 24.3 Å². The lowest BCUT2D eigenvalue weighted by molar-refractivity contribution is -0.136. The molecular formula is C12H11BrN2O3. The third kappa shape index (κ3) is 2.38. The van der Waals surface area contributed by atoms with Crippen molar-refractivity contribution >= 4 is 21.9 Å². The molecule has 2 N–H and O–H groups in total. The van der Waals surface area contributed by atoms with Gasteiger partial charge in [-0.3, -0.25) is 19.4 Å². The first-order chi connectivity index (χ1) is 8.49. The Hall–Kier alpha value is -1.82. The van der Waals surface area contributed by atoms with Crippen LogP contribution >= 0.6 is 15.9 Å². The van der Waals surface area contributed by atoms with Crippen LogP contribution in [0.5, 0.6) is 0 Å². The van der Waals surface area contributed by atoms with Crippen LogP contribution in [0, 0.1) is 6.92 Å². The number of carboxylic acid groups (broad SMARTS) is 1. The number of halogens is 1.